The molecule has 3 aromatic rings. The highest BCUT2D eigenvalue weighted by Gasteiger charge is 2.24. The van der Waals surface area contributed by atoms with Crippen LogP contribution in [-0.4, -0.2) is 59.4 Å². The number of quaternary nitrogens is 1. The van der Waals surface area contributed by atoms with Crippen molar-refractivity contribution in [3.63, 3.8) is 0 Å². The summed E-state index contributed by atoms with van der Waals surface area (Å²) in [6, 6.07) is 11.3. The number of likely N-dealkylation sites (N-methyl/N-ethyl adjacent to an activating group) is 1. The summed E-state index contributed by atoms with van der Waals surface area (Å²) in [5, 5.41) is 15.7. The summed E-state index contributed by atoms with van der Waals surface area (Å²) in [5.74, 6) is -0.119. The van der Waals surface area contributed by atoms with Crippen LogP contribution in [0.5, 0.6) is 0 Å². The summed E-state index contributed by atoms with van der Waals surface area (Å²) in [7, 11) is 1.70. The molecule has 2 fully saturated rings. The first-order chi connectivity index (χ1) is 15.3. The van der Waals surface area contributed by atoms with Gasteiger partial charge in [-0.2, -0.15) is 0 Å². The molecule has 1 aliphatic carbocycles. The lowest BCUT2D eigenvalue weighted by Crippen LogP contribution is -2.53. The van der Waals surface area contributed by atoms with Gasteiger partial charge >= 0.3 is 0 Å². The van der Waals surface area contributed by atoms with Gasteiger partial charge in [0.1, 0.15) is 6.33 Å². The second kappa shape index (κ2) is 7.72. The Morgan fingerprint density at radius 3 is 2.62 bits per heavy atom. The molecule has 2 aromatic carbocycles. The predicted octanol–water partition coefficient (Wildman–Crippen LogP) is 2.35. The van der Waals surface area contributed by atoms with Crippen LogP contribution in [0, 0.1) is 12.1 Å². The zero-order valence-corrected chi connectivity index (χ0v) is 18.4. The van der Waals surface area contributed by atoms with Gasteiger partial charge in [0, 0.05) is 17.3 Å². The van der Waals surface area contributed by atoms with Gasteiger partial charge in [-0.05, 0) is 55.7 Å². The number of fused-ring (bicyclic) bond motifs is 1. The molecule has 5 rings (SSSR count). The normalized spacial score (nSPS) is 18.0. The molecule has 2 heterocycles. The van der Waals surface area contributed by atoms with Crippen molar-refractivity contribution >= 4 is 22.5 Å². The number of amides is 1. The quantitative estimate of drug-likeness (QED) is 0.504. The number of aromatic nitrogens is 2. The minimum absolute atomic E-state index is 0.119. The number of anilines is 1. The highest BCUT2D eigenvalue weighted by atomic mass is 16.5. The zero-order chi connectivity index (χ0) is 22.5. The number of hydrogen-bond acceptors (Lipinski definition) is 5. The van der Waals surface area contributed by atoms with E-state index in [1.165, 1.54) is 10.9 Å². The first-order valence-electron chi connectivity index (χ1n) is 11.0. The topological polar surface area (TPSA) is 90.3 Å². The molecule has 0 spiro atoms. The number of hydrogen-bond donors (Lipinski definition) is 1. The van der Waals surface area contributed by atoms with Gasteiger partial charge in [-0.25, -0.2) is 4.98 Å². The molecular weight excluding hydrogens is 406 g/mol. The van der Waals surface area contributed by atoms with Crippen molar-refractivity contribution < 1.29 is 9.44 Å². The number of piperazine rings is 1. The molecule has 32 heavy (non-hydrogen) atoms. The third-order valence-electron chi connectivity index (χ3n) is 6.44. The monoisotopic (exact) mass is 433 g/mol. The SMILES string of the molecule is Cc1ccc(C(=O)NC2CC2)cc1-n1cnc2ccc(N3CC[N+](C)([O-])CC3)cc2c1=O. The van der Waals surface area contributed by atoms with Gasteiger partial charge in [0.05, 0.1) is 49.8 Å². The van der Waals surface area contributed by atoms with Crippen molar-refractivity contribution in [2.45, 2.75) is 25.8 Å². The Balaban J connectivity index is 1.52. The van der Waals surface area contributed by atoms with Crippen LogP contribution < -0.4 is 15.8 Å². The zero-order valence-electron chi connectivity index (χ0n) is 18.4. The van der Waals surface area contributed by atoms with Gasteiger partial charge in [-0.1, -0.05) is 6.07 Å². The molecule has 1 amide bonds. The van der Waals surface area contributed by atoms with Gasteiger partial charge < -0.3 is 20.1 Å². The molecule has 8 nitrogen and oxygen atoms in total. The maximum atomic E-state index is 13.4. The van der Waals surface area contributed by atoms with Gasteiger partial charge in [0.15, 0.2) is 0 Å². The van der Waals surface area contributed by atoms with E-state index in [9.17, 15) is 14.8 Å². The lowest BCUT2D eigenvalue weighted by atomic mass is 10.1. The van der Waals surface area contributed by atoms with Crippen molar-refractivity contribution in [3.05, 3.63) is 69.4 Å². The summed E-state index contributed by atoms with van der Waals surface area (Å²) in [5.41, 5.74) is 3.43. The Bertz CT molecular complexity index is 1250. The van der Waals surface area contributed by atoms with E-state index in [-0.39, 0.29) is 22.2 Å². The number of benzene rings is 2. The first kappa shape index (κ1) is 20.7. The predicted molar refractivity (Wildman–Crippen MR) is 124 cm³/mol. The van der Waals surface area contributed by atoms with Crippen molar-refractivity contribution in [1.29, 1.82) is 0 Å². The minimum Gasteiger partial charge on any atom is -0.633 e. The van der Waals surface area contributed by atoms with E-state index in [0.29, 0.717) is 48.3 Å². The number of nitrogens with zero attached hydrogens (tertiary/aromatic N) is 4. The van der Waals surface area contributed by atoms with Crippen LogP contribution in [0.4, 0.5) is 5.69 Å². The van der Waals surface area contributed by atoms with E-state index in [1.807, 2.05) is 31.2 Å². The molecule has 1 aromatic heterocycles. The summed E-state index contributed by atoms with van der Waals surface area (Å²) in [6.07, 6.45) is 3.56. The van der Waals surface area contributed by atoms with Crippen molar-refractivity contribution in [3.8, 4) is 5.69 Å². The molecular formula is C24H27N5O3. The van der Waals surface area contributed by atoms with Crippen LogP contribution in [-0.2, 0) is 0 Å². The fourth-order valence-corrected chi connectivity index (χ4v) is 4.13. The lowest BCUT2D eigenvalue weighted by molar-refractivity contribution is -0.861. The standard InChI is InChI=1S/C24H27N5O3/c1-16-3-4-17(23(30)26-18-5-6-18)13-22(16)28-15-25-21-8-7-19(14-20(21)24(28)31)27-9-11-29(2,32)12-10-27/h3-4,7-8,13-15,18H,5-6,9-12H2,1-2H3,(H,26,30). The molecule has 1 aliphatic heterocycles. The Hall–Kier alpha value is -3.23. The summed E-state index contributed by atoms with van der Waals surface area (Å²) >= 11 is 0. The van der Waals surface area contributed by atoms with Crippen molar-refractivity contribution in [2.75, 3.05) is 38.1 Å². The Morgan fingerprint density at radius 2 is 1.91 bits per heavy atom. The van der Waals surface area contributed by atoms with Crippen LogP contribution in [0.25, 0.3) is 16.6 Å². The summed E-state index contributed by atoms with van der Waals surface area (Å²) < 4.78 is 1.28. The Labute approximate surface area is 186 Å². The van der Waals surface area contributed by atoms with E-state index in [1.54, 1.807) is 19.2 Å². The highest BCUT2D eigenvalue weighted by Crippen LogP contribution is 2.23. The second-order valence-electron chi connectivity index (χ2n) is 9.10. The average molecular weight is 434 g/mol. The van der Waals surface area contributed by atoms with Crippen molar-refractivity contribution in [2.24, 2.45) is 0 Å². The number of aryl methyl sites for hydroxylation is 1. The molecule has 0 atom stereocenters. The molecule has 1 N–H and O–H groups in total. The average Bonchev–Trinajstić information content (AvgIpc) is 3.58. The van der Waals surface area contributed by atoms with Gasteiger partial charge in [0.2, 0.25) is 0 Å². The van der Waals surface area contributed by atoms with E-state index in [2.05, 4.69) is 15.2 Å². The van der Waals surface area contributed by atoms with E-state index in [0.717, 1.165) is 24.1 Å². The van der Waals surface area contributed by atoms with Crippen LogP contribution in [0.2, 0.25) is 0 Å². The minimum atomic E-state index is -0.234. The Kier molecular flexibility index (Phi) is 4.98. The van der Waals surface area contributed by atoms with Crippen LogP contribution >= 0.6 is 0 Å². The van der Waals surface area contributed by atoms with Gasteiger partial charge in [-0.15, -0.1) is 0 Å². The fourth-order valence-electron chi connectivity index (χ4n) is 4.13. The number of rotatable bonds is 4. The largest absolute Gasteiger partial charge is 0.633 e. The lowest BCUT2D eigenvalue weighted by Gasteiger charge is -2.45. The molecule has 2 aliphatic rings. The molecule has 0 unspecified atom stereocenters. The molecule has 166 valence electrons. The highest BCUT2D eigenvalue weighted by molar-refractivity contribution is 5.95. The van der Waals surface area contributed by atoms with Gasteiger partial charge in [-0.3, -0.25) is 14.2 Å². The maximum Gasteiger partial charge on any atom is 0.265 e. The summed E-state index contributed by atoms with van der Waals surface area (Å²) in [4.78, 5) is 32.6. The number of carbonyl (C=O) groups excluding carboxylic acids is 1. The molecule has 0 radical (unpaired) electrons. The number of carbonyl (C=O) groups is 1. The van der Waals surface area contributed by atoms with Crippen LogP contribution in [0.1, 0.15) is 28.8 Å². The summed E-state index contributed by atoms with van der Waals surface area (Å²) in [6.45, 7) is 4.25. The number of nitrogens with one attached hydrogen (secondary N) is 1. The van der Waals surface area contributed by atoms with E-state index < -0.39 is 0 Å². The third-order valence-corrected chi connectivity index (χ3v) is 6.44. The number of hydroxylamine groups is 3. The third kappa shape index (κ3) is 3.99. The van der Waals surface area contributed by atoms with Crippen LogP contribution in [0.3, 0.4) is 0 Å². The molecule has 1 saturated heterocycles. The van der Waals surface area contributed by atoms with E-state index in [4.69, 9.17) is 0 Å². The maximum absolute atomic E-state index is 13.4. The first-order valence-corrected chi connectivity index (χ1v) is 11.0. The van der Waals surface area contributed by atoms with Gasteiger partial charge in [0.25, 0.3) is 11.5 Å². The molecule has 8 heteroatoms. The molecule has 1 saturated carbocycles. The smallest absolute Gasteiger partial charge is 0.265 e. The van der Waals surface area contributed by atoms with E-state index >= 15 is 0 Å². The van der Waals surface area contributed by atoms with Crippen LogP contribution in [0.15, 0.2) is 47.5 Å². The Morgan fingerprint density at radius 1 is 1.16 bits per heavy atom. The van der Waals surface area contributed by atoms with Crippen molar-refractivity contribution in [1.82, 2.24) is 14.9 Å². The second-order valence-corrected chi connectivity index (χ2v) is 9.10. The fraction of sp³-hybridized carbons (Fsp3) is 0.375. The molecule has 0 bridgehead atoms.